The minimum atomic E-state index is -0.632. The van der Waals surface area contributed by atoms with Gasteiger partial charge in [-0.1, -0.05) is 6.92 Å². The van der Waals surface area contributed by atoms with Crippen molar-refractivity contribution in [3.63, 3.8) is 0 Å². The van der Waals surface area contributed by atoms with E-state index in [0.29, 0.717) is 11.8 Å². The monoisotopic (exact) mass is 338 g/mol. The van der Waals surface area contributed by atoms with E-state index in [1.165, 1.54) is 0 Å². The van der Waals surface area contributed by atoms with Gasteiger partial charge in [-0.05, 0) is 31.4 Å². The maximum atomic E-state index is 10.7. The Balaban J connectivity index is 1.62. The van der Waals surface area contributed by atoms with Crippen LogP contribution in [0.25, 0.3) is 0 Å². The van der Waals surface area contributed by atoms with E-state index in [1.807, 2.05) is 17.8 Å². The van der Waals surface area contributed by atoms with Gasteiger partial charge in [0.15, 0.2) is 0 Å². The summed E-state index contributed by atoms with van der Waals surface area (Å²) in [5.41, 5.74) is -0.632. The fourth-order valence-corrected chi connectivity index (χ4v) is 4.61. The van der Waals surface area contributed by atoms with Crippen LogP contribution < -0.4 is 10.2 Å². The van der Waals surface area contributed by atoms with Gasteiger partial charge in [0, 0.05) is 24.4 Å². The molecule has 3 rings (SSSR count). The fourth-order valence-electron chi connectivity index (χ4n) is 3.41. The summed E-state index contributed by atoms with van der Waals surface area (Å²) >= 11 is 1.83. The van der Waals surface area contributed by atoms with Gasteiger partial charge in [-0.15, -0.1) is 0 Å². The maximum absolute atomic E-state index is 10.7. The largest absolute Gasteiger partial charge is 0.394 e. The zero-order chi connectivity index (χ0) is 16.3. The van der Waals surface area contributed by atoms with E-state index in [1.54, 1.807) is 6.33 Å². The second kappa shape index (κ2) is 7.23. The van der Waals surface area contributed by atoms with Gasteiger partial charge in [-0.3, -0.25) is 0 Å². The normalized spacial score (nSPS) is 30.3. The minimum absolute atomic E-state index is 0.152. The predicted octanol–water partition coefficient (Wildman–Crippen LogP) is 1.50. The predicted molar refractivity (Wildman–Crippen MR) is 94.1 cm³/mol. The van der Waals surface area contributed by atoms with Crippen LogP contribution in [0.5, 0.6) is 0 Å². The zero-order valence-corrected chi connectivity index (χ0v) is 14.4. The zero-order valence-electron chi connectivity index (χ0n) is 13.6. The van der Waals surface area contributed by atoms with Gasteiger partial charge in [0.25, 0.3) is 0 Å². The molecule has 0 radical (unpaired) electrons. The summed E-state index contributed by atoms with van der Waals surface area (Å²) in [7, 11) is 0. The molecule has 1 aromatic rings. The van der Waals surface area contributed by atoms with Gasteiger partial charge in [0.05, 0.1) is 18.2 Å². The summed E-state index contributed by atoms with van der Waals surface area (Å²) in [6.45, 7) is 3.72. The van der Waals surface area contributed by atoms with Gasteiger partial charge in [0.2, 0.25) is 0 Å². The Bertz CT molecular complexity index is 533. The van der Waals surface area contributed by atoms with E-state index in [-0.39, 0.29) is 12.6 Å². The maximum Gasteiger partial charge on any atom is 0.134 e. The number of rotatable bonds is 7. The average Bonchev–Trinajstić information content (AvgIpc) is 3.05. The second-order valence-electron chi connectivity index (χ2n) is 6.37. The molecule has 3 atom stereocenters. The summed E-state index contributed by atoms with van der Waals surface area (Å²) in [4.78, 5) is 10.7. The Morgan fingerprint density at radius 2 is 2.30 bits per heavy atom. The van der Waals surface area contributed by atoms with Crippen molar-refractivity contribution in [3.8, 4) is 0 Å². The van der Waals surface area contributed by atoms with E-state index in [4.69, 9.17) is 0 Å². The van der Waals surface area contributed by atoms with E-state index in [2.05, 4.69) is 27.1 Å². The molecule has 128 valence electrons. The van der Waals surface area contributed by atoms with Crippen molar-refractivity contribution in [2.24, 2.45) is 0 Å². The van der Waals surface area contributed by atoms with Crippen LogP contribution in [0.4, 0.5) is 11.6 Å². The lowest BCUT2D eigenvalue weighted by Crippen LogP contribution is -2.54. The molecule has 0 bridgehead atoms. The Kier molecular flexibility index (Phi) is 5.28. The van der Waals surface area contributed by atoms with Gasteiger partial charge in [0.1, 0.15) is 18.0 Å². The number of aromatic nitrogens is 2. The SMILES string of the molecule is CCSC1CCC1(O)CNc1cc(N2CCCC2CO)ncn1. The molecule has 2 heterocycles. The topological polar surface area (TPSA) is 81.5 Å². The van der Waals surface area contributed by atoms with E-state index >= 15 is 0 Å². The lowest BCUT2D eigenvalue weighted by atomic mass is 9.79. The molecule has 3 N–H and O–H groups in total. The van der Waals surface area contributed by atoms with Crippen LogP contribution in [0.15, 0.2) is 12.4 Å². The second-order valence-corrected chi connectivity index (χ2v) is 7.85. The fraction of sp³-hybridized carbons (Fsp3) is 0.750. The Morgan fingerprint density at radius 1 is 1.43 bits per heavy atom. The van der Waals surface area contributed by atoms with E-state index in [0.717, 1.165) is 49.6 Å². The van der Waals surface area contributed by atoms with Gasteiger partial charge < -0.3 is 20.4 Å². The van der Waals surface area contributed by atoms with Gasteiger partial charge >= 0.3 is 0 Å². The molecule has 23 heavy (non-hydrogen) atoms. The number of aliphatic hydroxyl groups excluding tert-OH is 1. The van der Waals surface area contributed by atoms with Crippen molar-refractivity contribution in [2.75, 3.05) is 35.7 Å². The first kappa shape index (κ1) is 16.8. The molecule has 2 fully saturated rings. The lowest BCUT2D eigenvalue weighted by molar-refractivity contribution is -0.0120. The van der Waals surface area contributed by atoms with Crippen LogP contribution in [0.3, 0.4) is 0 Å². The van der Waals surface area contributed by atoms with Crippen molar-refractivity contribution in [3.05, 3.63) is 12.4 Å². The van der Waals surface area contributed by atoms with Crippen LogP contribution in [0.2, 0.25) is 0 Å². The highest BCUT2D eigenvalue weighted by Crippen LogP contribution is 2.41. The van der Waals surface area contributed by atoms with Crippen LogP contribution >= 0.6 is 11.8 Å². The summed E-state index contributed by atoms with van der Waals surface area (Å²) in [6, 6.07) is 2.07. The summed E-state index contributed by atoms with van der Waals surface area (Å²) in [5.74, 6) is 2.61. The lowest BCUT2D eigenvalue weighted by Gasteiger charge is -2.45. The molecule has 6 nitrogen and oxygen atoms in total. The molecule has 2 aliphatic rings. The summed E-state index contributed by atoms with van der Waals surface area (Å²) < 4.78 is 0. The molecule has 0 spiro atoms. The molecule has 0 aromatic carbocycles. The van der Waals surface area contributed by atoms with Crippen LogP contribution in [0.1, 0.15) is 32.6 Å². The van der Waals surface area contributed by atoms with Crippen LogP contribution in [-0.2, 0) is 0 Å². The van der Waals surface area contributed by atoms with E-state index < -0.39 is 5.60 Å². The van der Waals surface area contributed by atoms with Crippen molar-refractivity contribution in [2.45, 2.75) is 49.5 Å². The number of nitrogens with zero attached hydrogens (tertiary/aromatic N) is 3. The third-order valence-corrected chi connectivity index (χ3v) is 6.33. The Labute approximate surface area is 141 Å². The number of nitrogens with one attached hydrogen (secondary N) is 1. The smallest absolute Gasteiger partial charge is 0.134 e. The Morgan fingerprint density at radius 3 is 3.00 bits per heavy atom. The first-order chi connectivity index (χ1) is 11.2. The standard InChI is InChI=1S/C16H26N4O2S/c1-2-23-13-5-6-16(13,22)10-17-14-8-15(19-11-18-14)20-7-3-4-12(20)9-21/h8,11-13,21-22H,2-7,9-10H2,1H3,(H,17,18,19). The summed E-state index contributed by atoms with van der Waals surface area (Å²) in [6.07, 6.45) is 5.55. The van der Waals surface area contributed by atoms with Crippen molar-refractivity contribution < 1.29 is 10.2 Å². The highest BCUT2D eigenvalue weighted by atomic mass is 32.2. The quantitative estimate of drug-likeness (QED) is 0.695. The van der Waals surface area contributed by atoms with Crippen LogP contribution in [-0.4, -0.2) is 62.5 Å². The molecule has 3 unspecified atom stereocenters. The van der Waals surface area contributed by atoms with Gasteiger partial charge in [-0.25, -0.2) is 9.97 Å². The van der Waals surface area contributed by atoms with Crippen molar-refractivity contribution in [1.82, 2.24) is 9.97 Å². The molecular formula is C16H26N4O2S. The molecule has 1 aliphatic carbocycles. The first-order valence-corrected chi connectivity index (χ1v) is 9.48. The number of hydrogen-bond acceptors (Lipinski definition) is 7. The Hall–Kier alpha value is -1.05. The van der Waals surface area contributed by atoms with Crippen molar-refractivity contribution in [1.29, 1.82) is 0 Å². The number of hydrogen-bond donors (Lipinski definition) is 3. The average molecular weight is 338 g/mol. The molecule has 0 amide bonds. The van der Waals surface area contributed by atoms with E-state index in [9.17, 15) is 10.2 Å². The van der Waals surface area contributed by atoms with Gasteiger partial charge in [-0.2, -0.15) is 11.8 Å². The molecule has 1 aliphatic heterocycles. The number of thioether (sulfide) groups is 1. The molecule has 1 saturated heterocycles. The minimum Gasteiger partial charge on any atom is -0.394 e. The third kappa shape index (κ3) is 3.56. The highest BCUT2D eigenvalue weighted by Gasteiger charge is 2.45. The first-order valence-electron chi connectivity index (χ1n) is 8.43. The van der Waals surface area contributed by atoms with Crippen LogP contribution in [0, 0.1) is 0 Å². The third-order valence-electron chi connectivity index (χ3n) is 4.92. The molecule has 7 heteroatoms. The molecule has 1 saturated carbocycles. The number of anilines is 2. The highest BCUT2D eigenvalue weighted by molar-refractivity contribution is 8.00. The molecular weight excluding hydrogens is 312 g/mol. The van der Waals surface area contributed by atoms with Crippen molar-refractivity contribution >= 4 is 23.4 Å². The summed E-state index contributed by atoms with van der Waals surface area (Å²) in [5, 5.41) is 23.7. The number of aliphatic hydroxyl groups is 2. The molecule has 1 aromatic heterocycles.